The van der Waals surface area contributed by atoms with Crippen LogP contribution in [0.2, 0.25) is 5.15 Å². The molecule has 0 fully saturated rings. The highest BCUT2D eigenvalue weighted by Crippen LogP contribution is 2.43. The van der Waals surface area contributed by atoms with Crippen molar-refractivity contribution in [3.05, 3.63) is 64.4 Å². The molecule has 37 heavy (non-hydrogen) atoms. The summed E-state index contributed by atoms with van der Waals surface area (Å²) in [5.74, 6) is -1.23. The van der Waals surface area contributed by atoms with Crippen LogP contribution in [0.3, 0.4) is 0 Å². The third-order valence-electron chi connectivity index (χ3n) is 6.86. The average Bonchev–Trinajstić information content (AvgIpc) is 3.18. The Bertz CT molecular complexity index is 1540. The monoisotopic (exact) mass is 524 g/mol. The van der Waals surface area contributed by atoms with Gasteiger partial charge in [-0.1, -0.05) is 41.9 Å². The van der Waals surface area contributed by atoms with Crippen LogP contribution in [0.15, 0.2) is 42.5 Å². The third-order valence-corrected chi connectivity index (χ3v) is 7.28. The minimum absolute atomic E-state index is 0.0200. The number of benzene rings is 2. The number of anilines is 2. The average molecular weight is 525 g/mol. The number of carbonyl (C=O) groups excluding carboxylic acids is 3. The Hall–Kier alpha value is -4.05. The molecule has 11 heteroatoms. The second kappa shape index (κ2) is 8.81. The molecule has 3 aliphatic rings. The molecule has 3 aliphatic heterocycles. The van der Waals surface area contributed by atoms with Crippen molar-refractivity contribution < 1.29 is 28.0 Å². The number of amides is 3. The van der Waals surface area contributed by atoms with Gasteiger partial charge in [0.2, 0.25) is 0 Å². The van der Waals surface area contributed by atoms with Gasteiger partial charge in [0.25, 0.3) is 17.7 Å². The first-order valence-corrected chi connectivity index (χ1v) is 12.1. The smallest absolute Gasteiger partial charge is 0.275 e. The minimum atomic E-state index is -2.73. The van der Waals surface area contributed by atoms with Gasteiger partial charge in [-0.25, -0.2) is 4.68 Å². The van der Waals surface area contributed by atoms with Gasteiger partial charge < -0.3 is 24.2 Å². The molecule has 0 aliphatic carbocycles. The standard InChI is InChI=1S/C26H24ClN5O5/c1-29-17-10-21-18(11-20(17)37-14-22(29)33)30(2)25(34)19(13-36-21)31-9-8-16-23(26(31)35)28-32(24(16)27)12-15-6-4-3-5-7-15/h3-7,10-11,19H,8-9,12-14H2,1-2H3/t19-/m0/s1/i1D3. The summed E-state index contributed by atoms with van der Waals surface area (Å²) in [6.07, 6.45) is 0.410. The number of hydrogen-bond acceptors (Lipinski definition) is 6. The fourth-order valence-corrected chi connectivity index (χ4v) is 5.13. The number of ether oxygens (including phenoxy) is 2. The van der Waals surface area contributed by atoms with E-state index in [0.29, 0.717) is 34.3 Å². The van der Waals surface area contributed by atoms with Crippen LogP contribution in [0.25, 0.3) is 0 Å². The molecule has 1 atom stereocenters. The normalized spacial score (nSPS) is 20.6. The summed E-state index contributed by atoms with van der Waals surface area (Å²) in [6.45, 7) is -2.74. The van der Waals surface area contributed by atoms with Crippen molar-refractivity contribution in [2.45, 2.75) is 19.0 Å². The van der Waals surface area contributed by atoms with E-state index in [9.17, 15) is 14.4 Å². The van der Waals surface area contributed by atoms with Gasteiger partial charge >= 0.3 is 0 Å². The largest absolute Gasteiger partial charge is 0.489 e. The molecule has 1 aromatic heterocycles. The zero-order valence-electron chi connectivity index (χ0n) is 22.8. The molecule has 3 amide bonds. The zero-order chi connectivity index (χ0) is 28.3. The lowest BCUT2D eigenvalue weighted by Gasteiger charge is -2.33. The van der Waals surface area contributed by atoms with E-state index in [1.54, 1.807) is 4.68 Å². The van der Waals surface area contributed by atoms with E-state index < -0.39 is 37.3 Å². The molecule has 190 valence electrons. The highest BCUT2D eigenvalue weighted by Gasteiger charge is 2.41. The Morgan fingerprint density at radius 2 is 1.81 bits per heavy atom. The van der Waals surface area contributed by atoms with Crippen LogP contribution < -0.4 is 19.3 Å². The van der Waals surface area contributed by atoms with Crippen molar-refractivity contribution in [2.24, 2.45) is 0 Å². The predicted molar refractivity (Wildman–Crippen MR) is 136 cm³/mol. The van der Waals surface area contributed by atoms with Crippen molar-refractivity contribution in [3.8, 4) is 11.5 Å². The van der Waals surface area contributed by atoms with Crippen LogP contribution in [0, 0.1) is 0 Å². The van der Waals surface area contributed by atoms with E-state index in [2.05, 4.69) is 5.10 Å². The molecule has 0 bridgehead atoms. The van der Waals surface area contributed by atoms with E-state index in [4.69, 9.17) is 25.2 Å². The van der Waals surface area contributed by atoms with Crippen molar-refractivity contribution in [1.82, 2.24) is 14.7 Å². The van der Waals surface area contributed by atoms with Gasteiger partial charge in [-0.05, 0) is 12.0 Å². The molecule has 0 spiro atoms. The number of hydrogen-bond donors (Lipinski definition) is 0. The fourth-order valence-electron chi connectivity index (χ4n) is 4.85. The Balaban J connectivity index is 1.29. The maximum absolute atomic E-state index is 13.6. The second-order valence-electron chi connectivity index (χ2n) is 9.04. The summed E-state index contributed by atoms with van der Waals surface area (Å²) in [5, 5.41) is 4.88. The number of carbonyl (C=O) groups is 3. The molecule has 0 saturated carbocycles. The van der Waals surface area contributed by atoms with Gasteiger partial charge in [-0.15, -0.1) is 0 Å². The first-order chi connectivity index (χ1) is 19.0. The summed E-state index contributed by atoms with van der Waals surface area (Å²) in [5.41, 5.74) is 2.15. The van der Waals surface area contributed by atoms with Crippen LogP contribution in [0.5, 0.6) is 11.5 Å². The molecule has 0 saturated heterocycles. The Kier molecular flexibility index (Phi) is 4.77. The molecule has 0 unspecified atom stereocenters. The maximum atomic E-state index is 13.6. The van der Waals surface area contributed by atoms with E-state index in [-0.39, 0.29) is 36.0 Å². The fraction of sp³-hybridized carbons (Fsp3) is 0.308. The van der Waals surface area contributed by atoms with Crippen LogP contribution in [-0.2, 0) is 22.6 Å². The van der Waals surface area contributed by atoms with Crippen LogP contribution in [0.4, 0.5) is 11.4 Å². The van der Waals surface area contributed by atoms with E-state index in [1.807, 2.05) is 30.3 Å². The number of aromatic nitrogens is 2. The predicted octanol–water partition coefficient (Wildman–Crippen LogP) is 2.36. The molecule has 4 heterocycles. The molecule has 2 aromatic carbocycles. The second-order valence-corrected chi connectivity index (χ2v) is 9.40. The van der Waals surface area contributed by atoms with Crippen LogP contribution in [-0.4, -0.2) is 72.2 Å². The van der Waals surface area contributed by atoms with Gasteiger partial charge in [0.1, 0.15) is 29.3 Å². The van der Waals surface area contributed by atoms with Crippen molar-refractivity contribution in [2.75, 3.05) is 43.6 Å². The summed E-state index contributed by atoms with van der Waals surface area (Å²) >= 11 is 6.60. The zero-order valence-corrected chi connectivity index (χ0v) is 20.6. The molecule has 10 nitrogen and oxygen atoms in total. The number of rotatable bonds is 3. The Morgan fingerprint density at radius 1 is 1.08 bits per heavy atom. The SMILES string of the molecule is [2H]C([2H])([2H])N1C(=O)COc2cc3c(cc21)OC[C@H](N1CCc2c(nn(Cc4ccccc4)c2Cl)C1=O)C(=O)N3C. The number of fused-ring (bicyclic) bond motifs is 3. The number of likely N-dealkylation sites (N-methyl/N-ethyl adjacent to an activating group) is 2. The van der Waals surface area contributed by atoms with Gasteiger partial charge in [-0.3, -0.25) is 14.4 Å². The van der Waals surface area contributed by atoms with Gasteiger partial charge in [0, 0.05) is 42.4 Å². The van der Waals surface area contributed by atoms with Crippen molar-refractivity contribution >= 4 is 40.7 Å². The van der Waals surface area contributed by atoms with Crippen molar-refractivity contribution in [1.29, 1.82) is 0 Å². The quantitative estimate of drug-likeness (QED) is 0.522. The summed E-state index contributed by atoms with van der Waals surface area (Å²) < 4.78 is 36.4. The molecular weight excluding hydrogens is 498 g/mol. The van der Waals surface area contributed by atoms with E-state index >= 15 is 0 Å². The van der Waals surface area contributed by atoms with Gasteiger partial charge in [0.15, 0.2) is 12.3 Å². The summed E-state index contributed by atoms with van der Waals surface area (Å²) in [7, 11) is 1.54. The third kappa shape index (κ3) is 3.79. The van der Waals surface area contributed by atoms with Crippen LogP contribution >= 0.6 is 11.6 Å². The molecular formula is C26H24ClN5O5. The molecule has 6 rings (SSSR count). The maximum Gasteiger partial charge on any atom is 0.275 e. The minimum Gasteiger partial charge on any atom is -0.489 e. The lowest BCUT2D eigenvalue weighted by Crippen LogP contribution is -2.54. The van der Waals surface area contributed by atoms with E-state index in [1.165, 1.54) is 29.0 Å². The van der Waals surface area contributed by atoms with Gasteiger partial charge in [0.05, 0.1) is 17.9 Å². The van der Waals surface area contributed by atoms with Crippen LogP contribution in [0.1, 0.15) is 25.7 Å². The lowest BCUT2D eigenvalue weighted by atomic mass is 10.0. The Labute approximate surface area is 222 Å². The van der Waals surface area contributed by atoms with E-state index in [0.717, 1.165) is 5.56 Å². The van der Waals surface area contributed by atoms with Crippen molar-refractivity contribution in [3.63, 3.8) is 0 Å². The lowest BCUT2D eigenvalue weighted by molar-refractivity contribution is -0.123. The first-order valence-electron chi connectivity index (χ1n) is 13.2. The first kappa shape index (κ1) is 20.1. The topological polar surface area (TPSA) is 97.2 Å². The Morgan fingerprint density at radius 3 is 2.57 bits per heavy atom. The highest BCUT2D eigenvalue weighted by molar-refractivity contribution is 6.31. The van der Waals surface area contributed by atoms with Gasteiger partial charge in [-0.2, -0.15) is 5.10 Å². The molecule has 0 radical (unpaired) electrons. The molecule has 3 aromatic rings. The summed E-state index contributed by atoms with van der Waals surface area (Å²) in [6, 6.07) is 11.5. The highest BCUT2D eigenvalue weighted by atomic mass is 35.5. The summed E-state index contributed by atoms with van der Waals surface area (Å²) in [4.78, 5) is 43.0. The molecule has 0 N–H and O–H groups in total. The number of nitrogens with zero attached hydrogens (tertiary/aromatic N) is 5. The number of halogens is 1.